The molecular formula is C18H24N4. The van der Waals surface area contributed by atoms with Gasteiger partial charge in [-0.2, -0.15) is 0 Å². The summed E-state index contributed by atoms with van der Waals surface area (Å²) in [5.74, 6) is 1.56. The maximum absolute atomic E-state index is 4.66. The normalized spacial score (nSPS) is 16.3. The van der Waals surface area contributed by atoms with Crippen molar-refractivity contribution in [3.8, 4) is 11.1 Å². The molecule has 3 heterocycles. The lowest BCUT2D eigenvalue weighted by molar-refractivity contribution is 0.312. The summed E-state index contributed by atoms with van der Waals surface area (Å²) < 4.78 is 0. The summed E-state index contributed by atoms with van der Waals surface area (Å²) in [6.45, 7) is 8.68. The lowest BCUT2D eigenvalue weighted by atomic mass is 10.0. The number of nitrogens with zero attached hydrogens (tertiary/aromatic N) is 4. The first-order valence-corrected chi connectivity index (χ1v) is 7.98. The second-order valence-corrected chi connectivity index (χ2v) is 6.36. The molecule has 2 aromatic heterocycles. The average Bonchev–Trinajstić information content (AvgIpc) is 2.56. The highest BCUT2D eigenvalue weighted by molar-refractivity contribution is 5.63. The van der Waals surface area contributed by atoms with Crippen LogP contribution < -0.4 is 4.90 Å². The molecule has 1 fully saturated rings. The van der Waals surface area contributed by atoms with Crippen molar-refractivity contribution < 1.29 is 0 Å². The Morgan fingerprint density at radius 1 is 0.955 bits per heavy atom. The molecule has 0 aromatic carbocycles. The fourth-order valence-electron chi connectivity index (χ4n) is 2.71. The molecule has 0 amide bonds. The van der Waals surface area contributed by atoms with Crippen molar-refractivity contribution in [1.82, 2.24) is 14.9 Å². The lowest BCUT2D eigenvalue weighted by Crippen LogP contribution is -2.44. The monoisotopic (exact) mass is 296 g/mol. The molecule has 4 nitrogen and oxygen atoms in total. The Balaban J connectivity index is 1.78. The molecule has 22 heavy (non-hydrogen) atoms. The Bertz CT molecular complexity index is 613. The van der Waals surface area contributed by atoms with Gasteiger partial charge >= 0.3 is 0 Å². The van der Waals surface area contributed by atoms with Gasteiger partial charge in [0.1, 0.15) is 5.82 Å². The number of anilines is 1. The van der Waals surface area contributed by atoms with E-state index in [1.54, 1.807) is 0 Å². The van der Waals surface area contributed by atoms with Crippen LogP contribution in [0.3, 0.4) is 0 Å². The van der Waals surface area contributed by atoms with Crippen LogP contribution in [0.25, 0.3) is 11.1 Å². The highest BCUT2D eigenvalue weighted by atomic mass is 15.3. The Morgan fingerprint density at radius 3 is 2.36 bits per heavy atom. The van der Waals surface area contributed by atoms with Crippen LogP contribution in [0.1, 0.15) is 25.3 Å². The van der Waals surface area contributed by atoms with E-state index in [0.29, 0.717) is 5.92 Å². The molecule has 4 heteroatoms. The van der Waals surface area contributed by atoms with Crippen molar-refractivity contribution in [1.29, 1.82) is 0 Å². The first kappa shape index (κ1) is 15.0. The average molecular weight is 296 g/mol. The van der Waals surface area contributed by atoms with Crippen molar-refractivity contribution in [2.24, 2.45) is 0 Å². The number of aromatic nitrogens is 2. The van der Waals surface area contributed by atoms with Crippen LogP contribution in [0.4, 0.5) is 5.82 Å². The summed E-state index contributed by atoms with van der Waals surface area (Å²) in [5, 5.41) is 0. The van der Waals surface area contributed by atoms with Gasteiger partial charge in [0, 0.05) is 55.9 Å². The molecule has 1 saturated heterocycles. The summed E-state index contributed by atoms with van der Waals surface area (Å²) in [5.41, 5.74) is 3.54. The van der Waals surface area contributed by atoms with Gasteiger partial charge < -0.3 is 9.80 Å². The second-order valence-electron chi connectivity index (χ2n) is 6.36. The van der Waals surface area contributed by atoms with Crippen molar-refractivity contribution in [3.05, 3.63) is 42.4 Å². The van der Waals surface area contributed by atoms with Crippen molar-refractivity contribution >= 4 is 5.82 Å². The molecule has 0 saturated carbocycles. The van der Waals surface area contributed by atoms with E-state index in [0.717, 1.165) is 43.1 Å². The number of likely N-dealkylation sites (N-methyl/N-ethyl adjacent to an activating group) is 1. The number of rotatable bonds is 3. The minimum Gasteiger partial charge on any atom is -0.354 e. The molecule has 0 bridgehead atoms. The van der Waals surface area contributed by atoms with Crippen molar-refractivity contribution in [3.63, 3.8) is 0 Å². The van der Waals surface area contributed by atoms with Gasteiger partial charge in [0.2, 0.25) is 0 Å². The molecule has 0 spiro atoms. The fraction of sp³-hybridized carbons (Fsp3) is 0.444. The fourth-order valence-corrected chi connectivity index (χ4v) is 2.71. The molecule has 116 valence electrons. The maximum atomic E-state index is 4.66. The van der Waals surface area contributed by atoms with Gasteiger partial charge in [0.15, 0.2) is 0 Å². The maximum Gasteiger partial charge on any atom is 0.128 e. The minimum absolute atomic E-state index is 0.491. The zero-order valence-corrected chi connectivity index (χ0v) is 13.7. The third kappa shape index (κ3) is 3.28. The molecule has 0 aliphatic carbocycles. The highest BCUT2D eigenvalue weighted by Crippen LogP contribution is 2.24. The van der Waals surface area contributed by atoms with Crippen LogP contribution in [0.15, 0.2) is 36.8 Å². The Labute approximate surface area is 132 Å². The second kappa shape index (κ2) is 6.44. The topological polar surface area (TPSA) is 32.3 Å². The largest absolute Gasteiger partial charge is 0.354 e. The predicted molar refractivity (Wildman–Crippen MR) is 91.3 cm³/mol. The van der Waals surface area contributed by atoms with Gasteiger partial charge in [-0.25, -0.2) is 4.98 Å². The molecule has 1 aliphatic heterocycles. The summed E-state index contributed by atoms with van der Waals surface area (Å²) in [6, 6.07) is 6.49. The van der Waals surface area contributed by atoms with Gasteiger partial charge in [-0.3, -0.25) is 4.98 Å². The molecule has 3 rings (SSSR count). The standard InChI is InChI=1S/C18H24N4/c1-14(2)16-10-17(12-19-11-16)15-4-5-18(20-13-15)22-8-6-21(3)7-9-22/h4-5,10-14H,6-9H2,1-3H3. The predicted octanol–water partition coefficient (Wildman–Crippen LogP) is 3.02. The number of hydrogen-bond donors (Lipinski definition) is 0. The van der Waals surface area contributed by atoms with E-state index in [9.17, 15) is 0 Å². The number of pyridine rings is 2. The van der Waals surface area contributed by atoms with E-state index in [1.807, 2.05) is 18.6 Å². The minimum atomic E-state index is 0.491. The van der Waals surface area contributed by atoms with E-state index in [1.165, 1.54) is 5.56 Å². The molecule has 0 N–H and O–H groups in total. The van der Waals surface area contributed by atoms with E-state index >= 15 is 0 Å². The van der Waals surface area contributed by atoms with Gasteiger partial charge in [0.05, 0.1) is 0 Å². The van der Waals surface area contributed by atoms with Crippen molar-refractivity contribution in [2.45, 2.75) is 19.8 Å². The summed E-state index contributed by atoms with van der Waals surface area (Å²) in [7, 11) is 2.17. The van der Waals surface area contributed by atoms with Crippen molar-refractivity contribution in [2.75, 3.05) is 38.1 Å². The molecule has 0 unspecified atom stereocenters. The van der Waals surface area contributed by atoms with Crippen LogP contribution >= 0.6 is 0 Å². The Hall–Kier alpha value is -1.94. The van der Waals surface area contributed by atoms with Gasteiger partial charge in [-0.05, 0) is 36.7 Å². The van der Waals surface area contributed by atoms with Crippen LogP contribution in [0.2, 0.25) is 0 Å². The van der Waals surface area contributed by atoms with Crippen LogP contribution in [-0.4, -0.2) is 48.1 Å². The highest BCUT2D eigenvalue weighted by Gasteiger charge is 2.15. The summed E-state index contributed by atoms with van der Waals surface area (Å²) in [6.07, 6.45) is 5.83. The molecule has 0 atom stereocenters. The Kier molecular flexibility index (Phi) is 4.39. The van der Waals surface area contributed by atoms with Gasteiger partial charge in [-0.15, -0.1) is 0 Å². The van der Waals surface area contributed by atoms with Crippen LogP contribution in [0, 0.1) is 0 Å². The summed E-state index contributed by atoms with van der Waals surface area (Å²) in [4.78, 5) is 13.7. The van der Waals surface area contributed by atoms with Gasteiger partial charge in [0.25, 0.3) is 0 Å². The number of piperazine rings is 1. The zero-order valence-electron chi connectivity index (χ0n) is 13.7. The van der Waals surface area contributed by atoms with Gasteiger partial charge in [-0.1, -0.05) is 13.8 Å². The zero-order chi connectivity index (χ0) is 15.5. The van der Waals surface area contributed by atoms with Crippen LogP contribution in [0.5, 0.6) is 0 Å². The molecular weight excluding hydrogens is 272 g/mol. The third-order valence-electron chi connectivity index (χ3n) is 4.33. The Morgan fingerprint density at radius 2 is 1.73 bits per heavy atom. The number of hydrogen-bond acceptors (Lipinski definition) is 4. The molecule has 2 aromatic rings. The summed E-state index contributed by atoms with van der Waals surface area (Å²) >= 11 is 0. The third-order valence-corrected chi connectivity index (χ3v) is 4.33. The smallest absolute Gasteiger partial charge is 0.128 e. The van der Waals surface area contributed by atoms with E-state index in [2.05, 4.69) is 58.9 Å². The van der Waals surface area contributed by atoms with Crippen LogP contribution in [-0.2, 0) is 0 Å². The SMILES string of the molecule is CC(C)c1cncc(-c2ccc(N3CCN(C)CC3)nc2)c1. The first-order chi connectivity index (χ1) is 10.6. The van der Waals surface area contributed by atoms with E-state index in [4.69, 9.17) is 0 Å². The van der Waals surface area contributed by atoms with E-state index in [-0.39, 0.29) is 0 Å². The molecule has 0 radical (unpaired) electrons. The lowest BCUT2D eigenvalue weighted by Gasteiger charge is -2.33. The molecule has 1 aliphatic rings. The quantitative estimate of drug-likeness (QED) is 0.871. The van der Waals surface area contributed by atoms with E-state index < -0.39 is 0 Å². The first-order valence-electron chi connectivity index (χ1n) is 7.98.